The molecule has 4 heteroatoms. The molecule has 0 radical (unpaired) electrons. The number of rotatable bonds is 5. The largest absolute Gasteiger partial charge is 0.497 e. The summed E-state index contributed by atoms with van der Waals surface area (Å²) in [5.41, 5.74) is 0.937. The number of carbonyl (C=O) groups is 1. The fourth-order valence-electron chi connectivity index (χ4n) is 2.00. The van der Waals surface area contributed by atoms with E-state index < -0.39 is 0 Å². The highest BCUT2D eigenvalue weighted by Crippen LogP contribution is 2.13. The number of hydrogen-bond acceptors (Lipinski definition) is 3. The highest BCUT2D eigenvalue weighted by Gasteiger charge is 2.15. The average molecular weight is 261 g/mol. The van der Waals surface area contributed by atoms with Crippen LogP contribution in [0.15, 0.2) is 30.3 Å². The van der Waals surface area contributed by atoms with Crippen LogP contribution in [0.1, 0.15) is 18.4 Å². The molecule has 1 saturated heterocycles. The van der Waals surface area contributed by atoms with Crippen LogP contribution < -0.4 is 10.1 Å². The zero-order chi connectivity index (χ0) is 13.5. The molecule has 0 bridgehead atoms. The maximum Gasteiger partial charge on any atom is 0.244 e. The second-order valence-corrected chi connectivity index (χ2v) is 4.49. The molecule has 1 aliphatic heterocycles. The van der Waals surface area contributed by atoms with Crippen molar-refractivity contribution in [2.45, 2.75) is 18.9 Å². The lowest BCUT2D eigenvalue weighted by Gasteiger charge is -2.08. The minimum Gasteiger partial charge on any atom is -0.497 e. The predicted molar refractivity (Wildman–Crippen MR) is 74.0 cm³/mol. The van der Waals surface area contributed by atoms with Crippen molar-refractivity contribution in [3.63, 3.8) is 0 Å². The SMILES string of the molecule is COc1cccc(/C=C/C(=O)NC[C@H]2CCCO2)c1. The molecule has 1 fully saturated rings. The fraction of sp³-hybridized carbons (Fsp3) is 0.400. The zero-order valence-electron chi connectivity index (χ0n) is 11.1. The number of amides is 1. The standard InChI is InChI=1S/C15H19NO3/c1-18-13-5-2-4-12(10-13)7-8-15(17)16-11-14-6-3-9-19-14/h2,4-5,7-8,10,14H,3,6,9,11H2,1H3,(H,16,17)/b8-7+/t14-/m1/s1. The Morgan fingerprint density at radius 2 is 2.47 bits per heavy atom. The van der Waals surface area contributed by atoms with Crippen molar-refractivity contribution in [3.05, 3.63) is 35.9 Å². The van der Waals surface area contributed by atoms with Gasteiger partial charge in [-0.1, -0.05) is 12.1 Å². The maximum atomic E-state index is 11.6. The zero-order valence-corrected chi connectivity index (χ0v) is 11.1. The third kappa shape index (κ3) is 4.41. The summed E-state index contributed by atoms with van der Waals surface area (Å²) in [5, 5.41) is 2.84. The summed E-state index contributed by atoms with van der Waals surface area (Å²) < 4.78 is 10.6. The van der Waals surface area contributed by atoms with Gasteiger partial charge >= 0.3 is 0 Å². The normalized spacial score (nSPS) is 18.7. The molecule has 1 N–H and O–H groups in total. The molecule has 1 atom stereocenters. The van der Waals surface area contributed by atoms with Crippen LogP contribution in [0.5, 0.6) is 5.75 Å². The van der Waals surface area contributed by atoms with Gasteiger partial charge in [-0.15, -0.1) is 0 Å². The number of ether oxygens (including phenoxy) is 2. The van der Waals surface area contributed by atoms with Gasteiger partial charge in [-0.2, -0.15) is 0 Å². The Labute approximate surface area is 113 Å². The Hall–Kier alpha value is -1.81. The molecule has 2 rings (SSSR count). The van der Waals surface area contributed by atoms with Crippen molar-refractivity contribution < 1.29 is 14.3 Å². The quantitative estimate of drug-likeness (QED) is 0.825. The molecule has 4 nitrogen and oxygen atoms in total. The lowest BCUT2D eigenvalue weighted by atomic mass is 10.2. The molecule has 0 spiro atoms. The third-order valence-electron chi connectivity index (χ3n) is 3.05. The molecule has 1 aromatic carbocycles. The van der Waals surface area contributed by atoms with Crippen LogP contribution in [0.25, 0.3) is 6.08 Å². The minimum atomic E-state index is -0.0988. The number of nitrogens with one attached hydrogen (secondary N) is 1. The van der Waals surface area contributed by atoms with Crippen molar-refractivity contribution in [2.24, 2.45) is 0 Å². The van der Waals surface area contributed by atoms with Crippen LogP contribution in [0.2, 0.25) is 0 Å². The summed E-state index contributed by atoms with van der Waals surface area (Å²) in [6, 6.07) is 7.56. The summed E-state index contributed by atoms with van der Waals surface area (Å²) in [6.45, 7) is 1.39. The van der Waals surface area contributed by atoms with Gasteiger partial charge in [0, 0.05) is 19.2 Å². The van der Waals surface area contributed by atoms with Crippen molar-refractivity contribution in [1.29, 1.82) is 0 Å². The molecule has 1 heterocycles. The van der Waals surface area contributed by atoms with E-state index in [2.05, 4.69) is 5.32 Å². The Morgan fingerprint density at radius 1 is 1.58 bits per heavy atom. The summed E-state index contributed by atoms with van der Waals surface area (Å²) >= 11 is 0. The number of carbonyl (C=O) groups excluding carboxylic acids is 1. The monoisotopic (exact) mass is 261 g/mol. The van der Waals surface area contributed by atoms with E-state index in [-0.39, 0.29) is 12.0 Å². The summed E-state index contributed by atoms with van der Waals surface area (Å²) in [7, 11) is 1.62. The smallest absolute Gasteiger partial charge is 0.244 e. The van der Waals surface area contributed by atoms with Crippen LogP contribution in [0.4, 0.5) is 0 Å². The lowest BCUT2D eigenvalue weighted by molar-refractivity contribution is -0.116. The average Bonchev–Trinajstić information content (AvgIpc) is 2.96. The second-order valence-electron chi connectivity index (χ2n) is 4.49. The highest BCUT2D eigenvalue weighted by atomic mass is 16.5. The molecule has 0 saturated carbocycles. The number of hydrogen-bond donors (Lipinski definition) is 1. The first-order chi connectivity index (χ1) is 9.28. The summed E-state index contributed by atoms with van der Waals surface area (Å²) in [4.78, 5) is 11.6. The molecule has 19 heavy (non-hydrogen) atoms. The van der Waals surface area contributed by atoms with Gasteiger partial charge < -0.3 is 14.8 Å². The Balaban J connectivity index is 1.81. The number of methoxy groups -OCH3 is 1. The van der Waals surface area contributed by atoms with E-state index in [1.807, 2.05) is 24.3 Å². The van der Waals surface area contributed by atoms with Gasteiger partial charge in [-0.3, -0.25) is 4.79 Å². The van der Waals surface area contributed by atoms with Crippen LogP contribution in [0.3, 0.4) is 0 Å². The molecule has 1 aromatic rings. The third-order valence-corrected chi connectivity index (χ3v) is 3.05. The Kier molecular flexibility index (Phi) is 4.98. The lowest BCUT2D eigenvalue weighted by Crippen LogP contribution is -2.30. The summed E-state index contributed by atoms with van der Waals surface area (Å²) in [6.07, 6.45) is 5.59. The molecule has 1 amide bonds. The molecule has 0 aliphatic carbocycles. The first-order valence-corrected chi connectivity index (χ1v) is 6.49. The molecular weight excluding hydrogens is 242 g/mol. The fourth-order valence-corrected chi connectivity index (χ4v) is 2.00. The minimum absolute atomic E-state index is 0.0988. The van der Waals surface area contributed by atoms with Gasteiger partial charge in [0.05, 0.1) is 13.2 Å². The molecular formula is C15H19NO3. The van der Waals surface area contributed by atoms with Gasteiger partial charge in [0.1, 0.15) is 5.75 Å². The number of benzene rings is 1. The van der Waals surface area contributed by atoms with E-state index in [0.29, 0.717) is 6.54 Å². The molecule has 1 aliphatic rings. The van der Waals surface area contributed by atoms with E-state index >= 15 is 0 Å². The van der Waals surface area contributed by atoms with Gasteiger partial charge in [-0.05, 0) is 36.6 Å². The van der Waals surface area contributed by atoms with Crippen molar-refractivity contribution in [2.75, 3.05) is 20.3 Å². The van der Waals surface area contributed by atoms with Crippen LogP contribution in [0, 0.1) is 0 Å². The van der Waals surface area contributed by atoms with E-state index in [1.54, 1.807) is 13.2 Å². The van der Waals surface area contributed by atoms with Gasteiger partial charge in [0.25, 0.3) is 0 Å². The first-order valence-electron chi connectivity index (χ1n) is 6.49. The van der Waals surface area contributed by atoms with E-state index in [0.717, 1.165) is 30.8 Å². The van der Waals surface area contributed by atoms with Crippen molar-refractivity contribution in [1.82, 2.24) is 5.32 Å². The van der Waals surface area contributed by atoms with Crippen LogP contribution >= 0.6 is 0 Å². The van der Waals surface area contributed by atoms with Gasteiger partial charge in [-0.25, -0.2) is 0 Å². The second kappa shape index (κ2) is 6.95. The topological polar surface area (TPSA) is 47.6 Å². The highest BCUT2D eigenvalue weighted by molar-refractivity contribution is 5.91. The Bertz CT molecular complexity index is 450. The van der Waals surface area contributed by atoms with Crippen molar-refractivity contribution in [3.8, 4) is 5.75 Å². The molecule has 102 valence electrons. The maximum absolute atomic E-state index is 11.6. The van der Waals surface area contributed by atoms with E-state index in [9.17, 15) is 4.79 Å². The van der Waals surface area contributed by atoms with Crippen molar-refractivity contribution >= 4 is 12.0 Å². The Morgan fingerprint density at radius 3 is 3.21 bits per heavy atom. The summed E-state index contributed by atoms with van der Waals surface area (Å²) in [5.74, 6) is 0.681. The first kappa shape index (κ1) is 13.6. The molecule has 0 aromatic heterocycles. The van der Waals surface area contributed by atoms with E-state index in [4.69, 9.17) is 9.47 Å². The van der Waals surface area contributed by atoms with Gasteiger partial charge in [0.15, 0.2) is 0 Å². The van der Waals surface area contributed by atoms with Gasteiger partial charge in [0.2, 0.25) is 5.91 Å². The predicted octanol–water partition coefficient (Wildman–Crippen LogP) is 2.00. The van der Waals surface area contributed by atoms with Crippen LogP contribution in [-0.2, 0) is 9.53 Å². The molecule has 0 unspecified atom stereocenters. The van der Waals surface area contributed by atoms with E-state index in [1.165, 1.54) is 6.08 Å². The van der Waals surface area contributed by atoms with Crippen LogP contribution in [-0.4, -0.2) is 32.3 Å².